The lowest BCUT2D eigenvalue weighted by Crippen LogP contribution is -2.29. The fourth-order valence-electron chi connectivity index (χ4n) is 3.40. The SMILES string of the molecule is CN(Cc1ccc(N2CCCCC2)cc1)Cc1nc(C2CC2)no1. The van der Waals surface area contributed by atoms with Crippen LogP contribution in [0.15, 0.2) is 28.8 Å². The van der Waals surface area contributed by atoms with E-state index in [2.05, 4.69) is 51.3 Å². The van der Waals surface area contributed by atoms with E-state index in [0.29, 0.717) is 12.5 Å². The molecule has 0 N–H and O–H groups in total. The summed E-state index contributed by atoms with van der Waals surface area (Å²) < 4.78 is 5.36. The van der Waals surface area contributed by atoms with Crippen LogP contribution < -0.4 is 4.90 Å². The van der Waals surface area contributed by atoms with Gasteiger partial charge in [-0.3, -0.25) is 4.90 Å². The normalized spacial score (nSPS) is 18.3. The standard InChI is InChI=1S/C19H26N4O/c1-22(14-18-20-19(21-24-18)16-7-8-16)13-15-5-9-17(10-6-15)23-11-3-2-4-12-23/h5-6,9-10,16H,2-4,7-8,11-14H2,1H3. The molecule has 0 atom stereocenters. The fourth-order valence-corrected chi connectivity index (χ4v) is 3.40. The first kappa shape index (κ1) is 15.6. The van der Waals surface area contributed by atoms with Gasteiger partial charge in [-0.1, -0.05) is 17.3 Å². The zero-order valence-electron chi connectivity index (χ0n) is 14.4. The predicted octanol–water partition coefficient (Wildman–Crippen LogP) is 3.57. The molecule has 1 saturated carbocycles. The second kappa shape index (κ2) is 6.93. The Bertz CT molecular complexity index is 656. The summed E-state index contributed by atoms with van der Waals surface area (Å²) in [5.74, 6) is 2.17. The van der Waals surface area contributed by atoms with E-state index in [0.717, 1.165) is 18.3 Å². The maximum Gasteiger partial charge on any atom is 0.240 e. The average molecular weight is 326 g/mol. The average Bonchev–Trinajstić information content (AvgIpc) is 3.36. The molecule has 0 amide bonds. The van der Waals surface area contributed by atoms with Crippen molar-refractivity contribution >= 4 is 5.69 Å². The van der Waals surface area contributed by atoms with Gasteiger partial charge in [-0.05, 0) is 56.8 Å². The van der Waals surface area contributed by atoms with Crippen LogP contribution >= 0.6 is 0 Å². The van der Waals surface area contributed by atoms with Gasteiger partial charge in [0.1, 0.15) is 0 Å². The molecule has 1 aromatic carbocycles. The van der Waals surface area contributed by atoms with Crippen LogP contribution in [0.4, 0.5) is 5.69 Å². The highest BCUT2D eigenvalue weighted by molar-refractivity contribution is 5.47. The molecule has 2 fully saturated rings. The van der Waals surface area contributed by atoms with Crippen LogP contribution in [-0.4, -0.2) is 35.2 Å². The second-order valence-electron chi connectivity index (χ2n) is 7.21. The minimum atomic E-state index is 0.551. The summed E-state index contributed by atoms with van der Waals surface area (Å²) in [4.78, 5) is 9.22. The maximum absolute atomic E-state index is 5.36. The molecular formula is C19H26N4O. The van der Waals surface area contributed by atoms with Crippen molar-refractivity contribution in [3.63, 3.8) is 0 Å². The van der Waals surface area contributed by atoms with Crippen LogP contribution in [0, 0.1) is 0 Å². The van der Waals surface area contributed by atoms with E-state index in [9.17, 15) is 0 Å². The minimum absolute atomic E-state index is 0.551. The molecule has 0 radical (unpaired) electrons. The number of rotatable bonds is 6. The summed E-state index contributed by atoms with van der Waals surface area (Å²) in [6.07, 6.45) is 6.42. The largest absolute Gasteiger partial charge is 0.372 e. The van der Waals surface area contributed by atoms with Gasteiger partial charge in [0, 0.05) is 31.2 Å². The van der Waals surface area contributed by atoms with Crippen LogP contribution in [0.25, 0.3) is 0 Å². The Morgan fingerprint density at radius 3 is 2.54 bits per heavy atom. The van der Waals surface area contributed by atoms with Crippen LogP contribution in [0.2, 0.25) is 0 Å². The second-order valence-corrected chi connectivity index (χ2v) is 7.21. The van der Waals surface area contributed by atoms with Gasteiger partial charge in [0.05, 0.1) is 6.54 Å². The van der Waals surface area contributed by atoms with Crippen molar-refractivity contribution < 1.29 is 4.52 Å². The third-order valence-corrected chi connectivity index (χ3v) is 4.94. The molecule has 1 saturated heterocycles. The van der Waals surface area contributed by atoms with E-state index in [-0.39, 0.29) is 0 Å². The van der Waals surface area contributed by atoms with E-state index in [1.54, 1.807) is 0 Å². The molecule has 128 valence electrons. The Balaban J connectivity index is 1.32. The lowest BCUT2D eigenvalue weighted by Gasteiger charge is -2.29. The number of nitrogens with zero attached hydrogens (tertiary/aromatic N) is 4. The maximum atomic E-state index is 5.36. The molecule has 0 spiro atoms. The van der Waals surface area contributed by atoms with Crippen molar-refractivity contribution in [3.8, 4) is 0 Å². The fraction of sp³-hybridized carbons (Fsp3) is 0.579. The van der Waals surface area contributed by atoms with Gasteiger partial charge >= 0.3 is 0 Å². The molecule has 2 heterocycles. The summed E-state index contributed by atoms with van der Waals surface area (Å²) in [5, 5.41) is 4.08. The molecule has 2 aromatic rings. The van der Waals surface area contributed by atoms with Gasteiger partial charge in [0.15, 0.2) is 5.82 Å². The topological polar surface area (TPSA) is 45.4 Å². The van der Waals surface area contributed by atoms with Gasteiger partial charge in [-0.25, -0.2) is 0 Å². The van der Waals surface area contributed by atoms with Gasteiger partial charge < -0.3 is 9.42 Å². The summed E-state index contributed by atoms with van der Waals surface area (Å²) in [5.41, 5.74) is 2.67. The lowest BCUT2D eigenvalue weighted by molar-refractivity contribution is 0.260. The highest BCUT2D eigenvalue weighted by Gasteiger charge is 2.28. The number of hydrogen-bond donors (Lipinski definition) is 0. The van der Waals surface area contributed by atoms with E-state index in [1.165, 1.54) is 56.4 Å². The molecule has 0 unspecified atom stereocenters. The number of anilines is 1. The molecule has 2 aliphatic rings. The van der Waals surface area contributed by atoms with Gasteiger partial charge in [0.25, 0.3) is 0 Å². The highest BCUT2D eigenvalue weighted by atomic mass is 16.5. The minimum Gasteiger partial charge on any atom is -0.372 e. The molecule has 1 aliphatic heterocycles. The molecule has 5 heteroatoms. The zero-order valence-corrected chi connectivity index (χ0v) is 14.4. The molecule has 0 bridgehead atoms. The summed E-state index contributed by atoms with van der Waals surface area (Å²) in [7, 11) is 2.10. The van der Waals surface area contributed by atoms with Crippen LogP contribution in [0.1, 0.15) is 55.3 Å². The smallest absolute Gasteiger partial charge is 0.240 e. The van der Waals surface area contributed by atoms with Crippen molar-refractivity contribution in [2.75, 3.05) is 25.0 Å². The third-order valence-electron chi connectivity index (χ3n) is 4.94. The molecule has 4 rings (SSSR count). The number of aromatic nitrogens is 2. The Labute approximate surface area is 143 Å². The van der Waals surface area contributed by atoms with Gasteiger partial charge in [-0.2, -0.15) is 4.98 Å². The predicted molar refractivity (Wildman–Crippen MR) is 94.0 cm³/mol. The zero-order chi connectivity index (χ0) is 16.4. The van der Waals surface area contributed by atoms with Crippen LogP contribution in [-0.2, 0) is 13.1 Å². The van der Waals surface area contributed by atoms with E-state index >= 15 is 0 Å². The molecule has 1 aromatic heterocycles. The first-order chi connectivity index (χ1) is 11.8. The summed E-state index contributed by atoms with van der Waals surface area (Å²) in [6, 6.07) is 8.99. The highest BCUT2D eigenvalue weighted by Crippen LogP contribution is 2.38. The molecule has 1 aliphatic carbocycles. The number of piperidine rings is 1. The summed E-state index contributed by atoms with van der Waals surface area (Å²) in [6.45, 7) is 3.98. The van der Waals surface area contributed by atoms with E-state index < -0.39 is 0 Å². The van der Waals surface area contributed by atoms with Gasteiger partial charge in [0.2, 0.25) is 5.89 Å². The number of hydrogen-bond acceptors (Lipinski definition) is 5. The van der Waals surface area contributed by atoms with E-state index in [4.69, 9.17) is 4.52 Å². The van der Waals surface area contributed by atoms with Crippen molar-refractivity contribution in [2.24, 2.45) is 0 Å². The van der Waals surface area contributed by atoms with Crippen LogP contribution in [0.3, 0.4) is 0 Å². The Morgan fingerprint density at radius 1 is 1.08 bits per heavy atom. The molecular weight excluding hydrogens is 300 g/mol. The quantitative estimate of drug-likeness (QED) is 0.812. The van der Waals surface area contributed by atoms with Crippen molar-refractivity contribution in [1.82, 2.24) is 15.0 Å². The molecule has 5 nitrogen and oxygen atoms in total. The monoisotopic (exact) mass is 326 g/mol. The van der Waals surface area contributed by atoms with E-state index in [1.807, 2.05) is 0 Å². The summed E-state index contributed by atoms with van der Waals surface area (Å²) >= 11 is 0. The molecule has 24 heavy (non-hydrogen) atoms. The van der Waals surface area contributed by atoms with Gasteiger partial charge in [-0.15, -0.1) is 0 Å². The van der Waals surface area contributed by atoms with Crippen molar-refractivity contribution in [1.29, 1.82) is 0 Å². The first-order valence-electron chi connectivity index (χ1n) is 9.13. The van der Waals surface area contributed by atoms with Crippen molar-refractivity contribution in [3.05, 3.63) is 41.5 Å². The van der Waals surface area contributed by atoms with Crippen LogP contribution in [0.5, 0.6) is 0 Å². The number of benzene rings is 1. The Morgan fingerprint density at radius 2 is 1.83 bits per heavy atom. The van der Waals surface area contributed by atoms with Crippen molar-refractivity contribution in [2.45, 2.75) is 51.1 Å². The third kappa shape index (κ3) is 3.78. The lowest BCUT2D eigenvalue weighted by atomic mass is 10.1. The first-order valence-corrected chi connectivity index (χ1v) is 9.13. The Kier molecular flexibility index (Phi) is 4.52. The Hall–Kier alpha value is -1.88.